The van der Waals surface area contributed by atoms with Crippen LogP contribution in [0.4, 0.5) is 0 Å². The van der Waals surface area contributed by atoms with Crippen LogP contribution in [-0.2, 0) is 4.74 Å². The van der Waals surface area contributed by atoms with Gasteiger partial charge in [-0.15, -0.1) is 0 Å². The Kier molecular flexibility index (Phi) is 6.72. The molecule has 0 radical (unpaired) electrons. The molecular formula is C18H22N2O3. The van der Waals surface area contributed by atoms with Gasteiger partial charge in [0.1, 0.15) is 0 Å². The van der Waals surface area contributed by atoms with Crippen molar-refractivity contribution in [1.29, 1.82) is 0 Å². The fourth-order valence-corrected chi connectivity index (χ4v) is 2.21. The van der Waals surface area contributed by atoms with E-state index in [1.54, 1.807) is 0 Å². The number of benzene rings is 1. The molecule has 1 aromatic heterocycles. The summed E-state index contributed by atoms with van der Waals surface area (Å²) < 4.78 is 5.15. The summed E-state index contributed by atoms with van der Waals surface area (Å²) in [5.41, 5.74) is 3.18. The molecule has 122 valence electrons. The Hall–Kier alpha value is -2.24. The highest BCUT2D eigenvalue weighted by Gasteiger charge is 2.10. The minimum absolute atomic E-state index is 0.0188. The Balaban J connectivity index is 1.91. The molecule has 0 aliphatic rings. The van der Waals surface area contributed by atoms with E-state index in [1.807, 2.05) is 49.4 Å². The first kappa shape index (κ1) is 17.1. The lowest BCUT2D eigenvalue weighted by Gasteiger charge is -2.09. The Bertz CT molecular complexity index is 629. The molecule has 2 aromatic rings. The van der Waals surface area contributed by atoms with Gasteiger partial charge in [0.05, 0.1) is 30.2 Å². The average Bonchev–Trinajstić information content (AvgIpc) is 2.58. The van der Waals surface area contributed by atoms with Gasteiger partial charge in [-0.2, -0.15) is 0 Å². The predicted octanol–water partition coefficient (Wildman–Crippen LogP) is 2.19. The van der Waals surface area contributed by atoms with Gasteiger partial charge in [-0.25, -0.2) is 0 Å². The predicted molar refractivity (Wildman–Crippen MR) is 89.3 cm³/mol. The number of pyridine rings is 1. The van der Waals surface area contributed by atoms with Gasteiger partial charge in [0.15, 0.2) is 0 Å². The SMILES string of the molecule is Cc1nc(-c2ccccc2)ccc1C(=O)NCCCOCCO. The Morgan fingerprint density at radius 2 is 1.96 bits per heavy atom. The fourth-order valence-electron chi connectivity index (χ4n) is 2.21. The Labute approximate surface area is 136 Å². The highest BCUT2D eigenvalue weighted by Crippen LogP contribution is 2.18. The van der Waals surface area contributed by atoms with Gasteiger partial charge in [0, 0.05) is 18.7 Å². The second-order valence-corrected chi connectivity index (χ2v) is 5.14. The maximum atomic E-state index is 12.2. The lowest BCUT2D eigenvalue weighted by molar-refractivity contribution is 0.0867. The van der Waals surface area contributed by atoms with E-state index in [4.69, 9.17) is 9.84 Å². The monoisotopic (exact) mass is 314 g/mol. The molecule has 2 rings (SSSR count). The zero-order chi connectivity index (χ0) is 16.5. The van der Waals surface area contributed by atoms with Gasteiger partial charge in [0.2, 0.25) is 0 Å². The van der Waals surface area contributed by atoms with Crippen molar-refractivity contribution in [1.82, 2.24) is 10.3 Å². The lowest BCUT2D eigenvalue weighted by Crippen LogP contribution is -2.26. The van der Waals surface area contributed by atoms with Crippen molar-refractivity contribution < 1.29 is 14.6 Å². The lowest BCUT2D eigenvalue weighted by atomic mass is 10.1. The zero-order valence-corrected chi connectivity index (χ0v) is 13.3. The number of aliphatic hydroxyl groups excluding tert-OH is 1. The van der Waals surface area contributed by atoms with Crippen LogP contribution in [0, 0.1) is 6.92 Å². The summed E-state index contributed by atoms with van der Waals surface area (Å²) in [6, 6.07) is 13.5. The molecule has 0 aliphatic heterocycles. The molecule has 0 saturated heterocycles. The maximum absolute atomic E-state index is 12.2. The molecule has 1 aromatic carbocycles. The van der Waals surface area contributed by atoms with Gasteiger partial charge >= 0.3 is 0 Å². The summed E-state index contributed by atoms with van der Waals surface area (Å²) >= 11 is 0. The summed E-state index contributed by atoms with van der Waals surface area (Å²) in [5, 5.41) is 11.4. The third-order valence-corrected chi connectivity index (χ3v) is 3.39. The number of aryl methyl sites for hydroxylation is 1. The number of carbonyl (C=O) groups excluding carboxylic acids is 1. The second-order valence-electron chi connectivity index (χ2n) is 5.14. The van der Waals surface area contributed by atoms with Gasteiger partial charge in [-0.05, 0) is 25.5 Å². The van der Waals surface area contributed by atoms with E-state index in [-0.39, 0.29) is 12.5 Å². The van der Waals surface area contributed by atoms with E-state index in [0.29, 0.717) is 37.4 Å². The Morgan fingerprint density at radius 1 is 1.17 bits per heavy atom. The molecule has 5 nitrogen and oxygen atoms in total. The standard InChI is InChI=1S/C18H22N2O3/c1-14-16(18(22)19-10-5-12-23-13-11-21)8-9-17(20-14)15-6-3-2-4-7-15/h2-4,6-9,21H,5,10-13H2,1H3,(H,19,22). The molecule has 2 N–H and O–H groups in total. The van der Waals surface area contributed by atoms with Gasteiger partial charge in [0.25, 0.3) is 5.91 Å². The molecule has 0 aliphatic carbocycles. The van der Waals surface area contributed by atoms with Crippen molar-refractivity contribution in [3.8, 4) is 11.3 Å². The van der Waals surface area contributed by atoms with Crippen molar-refractivity contribution in [3.63, 3.8) is 0 Å². The van der Waals surface area contributed by atoms with Crippen molar-refractivity contribution in [2.75, 3.05) is 26.4 Å². The van der Waals surface area contributed by atoms with E-state index in [0.717, 1.165) is 11.3 Å². The summed E-state index contributed by atoms with van der Waals surface area (Å²) in [6.45, 7) is 3.24. The van der Waals surface area contributed by atoms with Crippen LogP contribution in [0.2, 0.25) is 0 Å². The van der Waals surface area contributed by atoms with E-state index >= 15 is 0 Å². The number of hydrogen-bond donors (Lipinski definition) is 2. The summed E-state index contributed by atoms with van der Waals surface area (Å²) in [4.78, 5) is 16.7. The number of nitrogens with zero attached hydrogens (tertiary/aromatic N) is 1. The highest BCUT2D eigenvalue weighted by molar-refractivity contribution is 5.95. The van der Waals surface area contributed by atoms with Crippen LogP contribution >= 0.6 is 0 Å². The molecule has 23 heavy (non-hydrogen) atoms. The molecule has 1 heterocycles. The molecule has 0 fully saturated rings. The molecule has 0 saturated carbocycles. The average molecular weight is 314 g/mol. The van der Waals surface area contributed by atoms with Crippen LogP contribution in [-0.4, -0.2) is 42.4 Å². The molecule has 0 atom stereocenters. The Morgan fingerprint density at radius 3 is 2.65 bits per heavy atom. The van der Waals surface area contributed by atoms with Crippen LogP contribution in [0.1, 0.15) is 22.5 Å². The number of ether oxygens (including phenoxy) is 1. The van der Waals surface area contributed by atoms with Gasteiger partial charge < -0.3 is 15.2 Å². The number of amides is 1. The topological polar surface area (TPSA) is 71.5 Å². The molecular weight excluding hydrogens is 292 g/mol. The van der Waals surface area contributed by atoms with Crippen LogP contribution in [0.25, 0.3) is 11.3 Å². The van der Waals surface area contributed by atoms with Crippen LogP contribution in [0.3, 0.4) is 0 Å². The number of nitrogens with one attached hydrogen (secondary N) is 1. The van der Waals surface area contributed by atoms with Crippen molar-refractivity contribution in [2.45, 2.75) is 13.3 Å². The van der Waals surface area contributed by atoms with Crippen molar-refractivity contribution in [2.24, 2.45) is 0 Å². The molecule has 5 heteroatoms. The van der Waals surface area contributed by atoms with Crippen LogP contribution in [0.15, 0.2) is 42.5 Å². The summed E-state index contributed by atoms with van der Waals surface area (Å²) in [7, 11) is 0. The highest BCUT2D eigenvalue weighted by atomic mass is 16.5. The molecule has 1 amide bonds. The maximum Gasteiger partial charge on any atom is 0.253 e. The van der Waals surface area contributed by atoms with E-state index < -0.39 is 0 Å². The smallest absolute Gasteiger partial charge is 0.253 e. The zero-order valence-electron chi connectivity index (χ0n) is 13.3. The first-order chi connectivity index (χ1) is 11.2. The summed E-state index contributed by atoms with van der Waals surface area (Å²) in [5.74, 6) is -0.128. The van der Waals surface area contributed by atoms with Crippen molar-refractivity contribution >= 4 is 5.91 Å². The minimum Gasteiger partial charge on any atom is -0.394 e. The molecule has 0 spiro atoms. The number of carbonyl (C=O) groups is 1. The molecule has 0 unspecified atom stereocenters. The number of rotatable bonds is 8. The first-order valence-electron chi connectivity index (χ1n) is 7.72. The van der Waals surface area contributed by atoms with E-state index in [1.165, 1.54) is 0 Å². The number of hydrogen-bond acceptors (Lipinski definition) is 4. The minimum atomic E-state index is -0.128. The first-order valence-corrected chi connectivity index (χ1v) is 7.72. The number of aliphatic hydroxyl groups is 1. The summed E-state index contributed by atoms with van der Waals surface area (Å²) in [6.07, 6.45) is 0.709. The fraction of sp³-hybridized carbons (Fsp3) is 0.333. The second kappa shape index (κ2) is 9.02. The van der Waals surface area contributed by atoms with Gasteiger partial charge in [-0.3, -0.25) is 9.78 Å². The van der Waals surface area contributed by atoms with Crippen LogP contribution in [0.5, 0.6) is 0 Å². The van der Waals surface area contributed by atoms with Crippen LogP contribution < -0.4 is 5.32 Å². The molecule has 0 bridgehead atoms. The van der Waals surface area contributed by atoms with E-state index in [9.17, 15) is 4.79 Å². The third-order valence-electron chi connectivity index (χ3n) is 3.39. The third kappa shape index (κ3) is 5.16. The number of aromatic nitrogens is 1. The van der Waals surface area contributed by atoms with E-state index in [2.05, 4.69) is 10.3 Å². The quantitative estimate of drug-likeness (QED) is 0.733. The normalized spacial score (nSPS) is 10.5. The largest absolute Gasteiger partial charge is 0.394 e. The van der Waals surface area contributed by atoms with Crippen molar-refractivity contribution in [3.05, 3.63) is 53.7 Å². The van der Waals surface area contributed by atoms with Gasteiger partial charge in [-0.1, -0.05) is 30.3 Å².